The van der Waals surface area contributed by atoms with Crippen LogP contribution in [0.5, 0.6) is 5.75 Å². The smallest absolute Gasteiger partial charge is 0.339 e. The van der Waals surface area contributed by atoms with Crippen molar-refractivity contribution in [3.05, 3.63) is 58.8 Å². The molecular weight excluding hydrogens is 320 g/mol. The van der Waals surface area contributed by atoms with E-state index in [0.717, 1.165) is 0 Å². The van der Waals surface area contributed by atoms with E-state index in [2.05, 4.69) is 9.97 Å². The number of methoxy groups -OCH3 is 1. The van der Waals surface area contributed by atoms with E-state index >= 15 is 0 Å². The fourth-order valence-electron chi connectivity index (χ4n) is 1.96. The predicted molar refractivity (Wildman–Crippen MR) is 85.1 cm³/mol. The number of aliphatic carboxylic acids is 1. The summed E-state index contributed by atoms with van der Waals surface area (Å²) < 4.78 is 10.8. The zero-order valence-electron chi connectivity index (χ0n) is 12.6. The average Bonchev–Trinajstić information content (AvgIpc) is 2.53. The van der Waals surface area contributed by atoms with Crippen LogP contribution in [0.3, 0.4) is 0 Å². The normalized spacial score (nSPS) is 11.6. The minimum absolute atomic E-state index is 0.0452. The van der Waals surface area contributed by atoms with Crippen LogP contribution in [0, 0.1) is 0 Å². The molecule has 6 nitrogen and oxygen atoms in total. The molecule has 0 aliphatic heterocycles. The second kappa shape index (κ2) is 7.60. The number of nitrogens with zero attached hydrogens (tertiary/aromatic N) is 2. The number of hydrogen-bond acceptors (Lipinski definition) is 5. The van der Waals surface area contributed by atoms with Gasteiger partial charge in [-0.3, -0.25) is 0 Å². The Bertz CT molecular complexity index is 746. The molecule has 2 rings (SSSR count). The molecule has 2 aromatic rings. The molecule has 0 unspecified atom stereocenters. The molecule has 1 aromatic heterocycles. The van der Waals surface area contributed by atoms with Gasteiger partial charge in [0.1, 0.15) is 35.2 Å². The van der Waals surface area contributed by atoms with Crippen molar-refractivity contribution in [1.82, 2.24) is 9.97 Å². The summed E-state index contributed by atoms with van der Waals surface area (Å²) in [7, 11) is 1.42. The number of carboxylic acids is 1. The molecule has 23 heavy (non-hydrogen) atoms. The molecule has 0 aliphatic carbocycles. The molecule has 1 aromatic carbocycles. The number of carboxylic acid groups (broad SMARTS) is 1. The number of carbonyl (C=O) groups is 1. The number of benzene rings is 1. The maximum Gasteiger partial charge on any atom is 0.339 e. The Morgan fingerprint density at radius 1 is 1.30 bits per heavy atom. The van der Waals surface area contributed by atoms with E-state index in [9.17, 15) is 9.90 Å². The van der Waals surface area contributed by atoms with Crippen LogP contribution < -0.4 is 4.74 Å². The molecule has 0 fully saturated rings. The molecule has 0 amide bonds. The Morgan fingerprint density at radius 2 is 2.04 bits per heavy atom. The summed E-state index contributed by atoms with van der Waals surface area (Å²) in [5.41, 5.74) is 1.06. The molecule has 0 spiro atoms. The first kappa shape index (κ1) is 16.8. The fourth-order valence-corrected chi connectivity index (χ4v) is 2.13. The number of ether oxygens (including phenoxy) is 2. The summed E-state index contributed by atoms with van der Waals surface area (Å²) in [4.78, 5) is 19.4. The molecule has 1 heterocycles. The molecule has 7 heteroatoms. The van der Waals surface area contributed by atoms with Gasteiger partial charge in [-0.05, 0) is 13.0 Å². The molecule has 120 valence electrons. The van der Waals surface area contributed by atoms with Gasteiger partial charge in [-0.2, -0.15) is 0 Å². The zero-order valence-corrected chi connectivity index (χ0v) is 13.4. The Hall–Kier alpha value is -2.60. The van der Waals surface area contributed by atoms with Crippen LogP contribution in [0.25, 0.3) is 5.57 Å². The zero-order chi connectivity index (χ0) is 16.8. The quantitative estimate of drug-likeness (QED) is 0.496. The van der Waals surface area contributed by atoms with Crippen molar-refractivity contribution in [3.63, 3.8) is 0 Å². The first-order valence-corrected chi connectivity index (χ1v) is 7.07. The summed E-state index contributed by atoms with van der Waals surface area (Å²) in [5.74, 6) is -0.389. The summed E-state index contributed by atoms with van der Waals surface area (Å²) in [6, 6.07) is 8.42. The SMILES string of the molecule is CO/C(C)=C(/C(=O)O)c1ccccc1OCc1cc(Cl)ncn1. The van der Waals surface area contributed by atoms with E-state index in [1.807, 2.05) is 0 Å². The number of halogens is 1. The van der Waals surface area contributed by atoms with Crippen molar-refractivity contribution in [1.29, 1.82) is 0 Å². The number of rotatable bonds is 6. The highest BCUT2D eigenvalue weighted by Gasteiger charge is 2.19. The lowest BCUT2D eigenvalue weighted by Crippen LogP contribution is -2.07. The number of hydrogen-bond donors (Lipinski definition) is 1. The number of allylic oxidation sites excluding steroid dienone is 1. The minimum atomic E-state index is -1.09. The summed E-state index contributed by atoms with van der Waals surface area (Å²) in [6.07, 6.45) is 1.34. The van der Waals surface area contributed by atoms with E-state index in [1.54, 1.807) is 37.3 Å². The van der Waals surface area contributed by atoms with Gasteiger partial charge in [-0.1, -0.05) is 29.8 Å². The van der Waals surface area contributed by atoms with Gasteiger partial charge in [0.25, 0.3) is 0 Å². The van der Waals surface area contributed by atoms with Crippen LogP contribution in [-0.4, -0.2) is 28.2 Å². The van der Waals surface area contributed by atoms with Crippen molar-refractivity contribution in [2.75, 3.05) is 7.11 Å². The standard InChI is InChI=1S/C16H15ClN2O4/c1-10(22-2)15(16(20)21)12-5-3-4-6-13(12)23-8-11-7-14(17)19-9-18-11/h3-7,9H,8H2,1-2H3,(H,20,21)/b15-10+. The van der Waals surface area contributed by atoms with Gasteiger partial charge in [-0.15, -0.1) is 0 Å². The Labute approximate surface area is 138 Å². The van der Waals surface area contributed by atoms with Crippen LogP contribution in [0.4, 0.5) is 0 Å². The third kappa shape index (κ3) is 4.20. The van der Waals surface area contributed by atoms with Crippen LogP contribution in [0.1, 0.15) is 18.2 Å². The maximum atomic E-state index is 11.5. The maximum absolute atomic E-state index is 11.5. The second-order valence-electron chi connectivity index (χ2n) is 4.56. The summed E-state index contributed by atoms with van der Waals surface area (Å²) >= 11 is 5.80. The molecule has 0 saturated heterocycles. The van der Waals surface area contributed by atoms with Gasteiger partial charge >= 0.3 is 5.97 Å². The Morgan fingerprint density at radius 3 is 2.70 bits per heavy atom. The second-order valence-corrected chi connectivity index (χ2v) is 4.94. The molecule has 1 N–H and O–H groups in total. The topological polar surface area (TPSA) is 81.5 Å². The van der Waals surface area contributed by atoms with Gasteiger partial charge in [0.15, 0.2) is 0 Å². The molecule has 0 atom stereocenters. The lowest BCUT2D eigenvalue weighted by molar-refractivity contribution is -0.130. The van der Waals surface area contributed by atoms with Gasteiger partial charge in [0, 0.05) is 11.6 Å². The van der Waals surface area contributed by atoms with E-state index in [-0.39, 0.29) is 12.2 Å². The molecule has 0 bridgehead atoms. The fraction of sp³-hybridized carbons (Fsp3) is 0.188. The van der Waals surface area contributed by atoms with Crippen molar-refractivity contribution < 1.29 is 19.4 Å². The van der Waals surface area contributed by atoms with Gasteiger partial charge in [0.2, 0.25) is 0 Å². The summed E-state index contributed by atoms with van der Waals surface area (Å²) in [5, 5.41) is 9.76. The van der Waals surface area contributed by atoms with Crippen LogP contribution >= 0.6 is 11.6 Å². The first-order chi connectivity index (χ1) is 11.0. The van der Waals surface area contributed by atoms with E-state index in [0.29, 0.717) is 27.9 Å². The van der Waals surface area contributed by atoms with Crippen LogP contribution in [0.2, 0.25) is 5.15 Å². The van der Waals surface area contributed by atoms with Crippen molar-refractivity contribution >= 4 is 23.1 Å². The number of para-hydroxylation sites is 1. The summed E-state index contributed by atoms with van der Waals surface area (Å²) in [6.45, 7) is 1.72. The Balaban J connectivity index is 2.32. The van der Waals surface area contributed by atoms with E-state index in [4.69, 9.17) is 21.1 Å². The third-order valence-corrected chi connectivity index (χ3v) is 3.30. The largest absolute Gasteiger partial charge is 0.500 e. The monoisotopic (exact) mass is 334 g/mol. The van der Waals surface area contributed by atoms with Crippen molar-refractivity contribution in [2.24, 2.45) is 0 Å². The lowest BCUT2D eigenvalue weighted by atomic mass is 10.0. The molecule has 0 aliphatic rings. The van der Waals surface area contributed by atoms with Crippen molar-refractivity contribution in [2.45, 2.75) is 13.5 Å². The minimum Gasteiger partial charge on any atom is -0.500 e. The van der Waals surface area contributed by atoms with Gasteiger partial charge in [0.05, 0.1) is 12.8 Å². The molecular formula is C16H15ClN2O4. The van der Waals surface area contributed by atoms with Gasteiger partial charge < -0.3 is 14.6 Å². The number of aromatic nitrogens is 2. The van der Waals surface area contributed by atoms with Crippen molar-refractivity contribution in [3.8, 4) is 5.75 Å². The molecule has 0 saturated carbocycles. The van der Waals surface area contributed by atoms with Crippen LogP contribution in [-0.2, 0) is 16.1 Å². The van der Waals surface area contributed by atoms with E-state index in [1.165, 1.54) is 13.4 Å². The predicted octanol–water partition coefficient (Wildman–Crippen LogP) is 3.17. The van der Waals surface area contributed by atoms with Crippen LogP contribution in [0.15, 0.2) is 42.4 Å². The highest BCUT2D eigenvalue weighted by atomic mass is 35.5. The first-order valence-electron chi connectivity index (χ1n) is 6.69. The van der Waals surface area contributed by atoms with E-state index < -0.39 is 5.97 Å². The highest BCUT2D eigenvalue weighted by molar-refractivity contribution is 6.29. The van der Waals surface area contributed by atoms with Gasteiger partial charge in [-0.25, -0.2) is 14.8 Å². The lowest BCUT2D eigenvalue weighted by Gasteiger charge is -2.13. The molecule has 0 radical (unpaired) electrons. The third-order valence-electron chi connectivity index (χ3n) is 3.09. The average molecular weight is 335 g/mol. The highest BCUT2D eigenvalue weighted by Crippen LogP contribution is 2.29. The Kier molecular flexibility index (Phi) is 5.54.